The van der Waals surface area contributed by atoms with Crippen LogP contribution in [0.15, 0.2) is 6.07 Å². The summed E-state index contributed by atoms with van der Waals surface area (Å²) in [6.07, 6.45) is -1.78. The highest BCUT2D eigenvalue weighted by Gasteiger charge is 2.40. The van der Waals surface area contributed by atoms with E-state index in [0.717, 1.165) is 0 Å². The summed E-state index contributed by atoms with van der Waals surface area (Å²) >= 11 is 0. The molecule has 0 aliphatic heterocycles. The Labute approximate surface area is 90.5 Å². The summed E-state index contributed by atoms with van der Waals surface area (Å²) in [6.45, 7) is 0. The number of alkyl halides is 2. The van der Waals surface area contributed by atoms with E-state index in [2.05, 4.69) is 0 Å². The molecule has 0 unspecified atom stereocenters. The van der Waals surface area contributed by atoms with E-state index >= 15 is 0 Å². The molecule has 1 aromatic carbocycles. The van der Waals surface area contributed by atoms with Gasteiger partial charge in [0.25, 0.3) is 0 Å². The normalized spacial score (nSPS) is 11.6. The highest BCUT2D eigenvalue weighted by atomic mass is 19.3. The average Bonchev–Trinajstić information content (AvgIpc) is 2.22. The fraction of sp³-hybridized carbons (Fsp3) is 0.222. The predicted molar refractivity (Wildman–Crippen MR) is 42.6 cm³/mol. The SMILES string of the molecule is O=C(O)C(F)(F)Cc1cc(F)c(F)c(F)c1F. The van der Waals surface area contributed by atoms with Gasteiger partial charge in [0, 0.05) is 5.56 Å². The van der Waals surface area contributed by atoms with Gasteiger partial charge in [-0.25, -0.2) is 22.4 Å². The molecule has 0 aromatic heterocycles. The monoisotopic (exact) mass is 258 g/mol. The zero-order chi connectivity index (χ0) is 13.4. The van der Waals surface area contributed by atoms with Gasteiger partial charge >= 0.3 is 11.9 Å². The van der Waals surface area contributed by atoms with Crippen molar-refractivity contribution in [2.75, 3.05) is 0 Å². The van der Waals surface area contributed by atoms with Gasteiger partial charge in [-0.05, 0) is 6.07 Å². The molecule has 0 heterocycles. The number of hydrogen-bond donors (Lipinski definition) is 1. The molecule has 1 rings (SSSR count). The Balaban J connectivity index is 3.21. The van der Waals surface area contributed by atoms with E-state index < -0.39 is 47.1 Å². The van der Waals surface area contributed by atoms with Crippen LogP contribution in [0.2, 0.25) is 0 Å². The molecule has 0 radical (unpaired) electrons. The molecular weight excluding hydrogens is 254 g/mol. The zero-order valence-corrected chi connectivity index (χ0v) is 7.91. The fourth-order valence-electron chi connectivity index (χ4n) is 1.07. The van der Waals surface area contributed by atoms with Crippen LogP contribution < -0.4 is 0 Å². The van der Waals surface area contributed by atoms with Crippen LogP contribution in [-0.2, 0) is 11.2 Å². The van der Waals surface area contributed by atoms with Gasteiger partial charge in [0.15, 0.2) is 23.3 Å². The molecular formula is C9H4F6O2. The summed E-state index contributed by atoms with van der Waals surface area (Å²) in [4.78, 5) is 10.0. The summed E-state index contributed by atoms with van der Waals surface area (Å²) in [7, 11) is 0. The van der Waals surface area contributed by atoms with E-state index in [4.69, 9.17) is 5.11 Å². The van der Waals surface area contributed by atoms with Gasteiger partial charge in [-0.3, -0.25) is 0 Å². The lowest BCUT2D eigenvalue weighted by molar-refractivity contribution is -0.164. The molecule has 0 spiro atoms. The molecule has 17 heavy (non-hydrogen) atoms. The van der Waals surface area contributed by atoms with Crippen LogP contribution in [0.25, 0.3) is 0 Å². The summed E-state index contributed by atoms with van der Waals surface area (Å²) < 4.78 is 76.0. The number of carbonyl (C=O) groups is 1. The maximum Gasteiger partial charge on any atom is 0.374 e. The van der Waals surface area contributed by atoms with Crippen molar-refractivity contribution in [1.29, 1.82) is 0 Å². The van der Waals surface area contributed by atoms with E-state index in [9.17, 15) is 31.1 Å². The van der Waals surface area contributed by atoms with Crippen LogP contribution in [0.1, 0.15) is 5.56 Å². The maximum absolute atomic E-state index is 12.9. The topological polar surface area (TPSA) is 37.3 Å². The Morgan fingerprint density at radius 1 is 1.12 bits per heavy atom. The summed E-state index contributed by atoms with van der Waals surface area (Å²) in [6, 6.07) is -0.00933. The quantitative estimate of drug-likeness (QED) is 0.514. The van der Waals surface area contributed by atoms with Crippen LogP contribution in [0.4, 0.5) is 26.3 Å². The second-order valence-electron chi connectivity index (χ2n) is 3.15. The predicted octanol–water partition coefficient (Wildman–Crippen LogP) is 2.51. The van der Waals surface area contributed by atoms with Crippen LogP contribution in [-0.4, -0.2) is 17.0 Å². The van der Waals surface area contributed by atoms with Crippen LogP contribution in [0, 0.1) is 23.3 Å². The first kappa shape index (κ1) is 13.3. The van der Waals surface area contributed by atoms with Crippen molar-refractivity contribution < 1.29 is 36.2 Å². The number of halogens is 6. The van der Waals surface area contributed by atoms with Crippen molar-refractivity contribution in [3.05, 3.63) is 34.9 Å². The minimum Gasteiger partial charge on any atom is -0.477 e. The molecule has 0 aliphatic rings. The zero-order valence-electron chi connectivity index (χ0n) is 7.91. The fourth-order valence-corrected chi connectivity index (χ4v) is 1.07. The van der Waals surface area contributed by atoms with E-state index in [1.165, 1.54) is 0 Å². The largest absolute Gasteiger partial charge is 0.477 e. The third kappa shape index (κ3) is 2.51. The third-order valence-corrected chi connectivity index (χ3v) is 1.90. The minimum atomic E-state index is -4.41. The lowest BCUT2D eigenvalue weighted by atomic mass is 10.1. The Bertz CT molecular complexity index is 471. The standard InChI is InChI=1S/C9H4F6O2/c10-4-1-3(2-9(14,15)8(16)17)5(11)7(13)6(4)12/h1H,2H2,(H,16,17). The van der Waals surface area contributed by atoms with Gasteiger partial charge < -0.3 is 5.11 Å². The number of hydrogen-bond acceptors (Lipinski definition) is 1. The van der Waals surface area contributed by atoms with E-state index in [1.54, 1.807) is 0 Å². The molecule has 0 aliphatic carbocycles. The molecule has 0 bridgehead atoms. The first-order valence-corrected chi connectivity index (χ1v) is 4.10. The molecule has 0 atom stereocenters. The molecule has 1 aromatic rings. The molecule has 2 nitrogen and oxygen atoms in total. The lowest BCUT2D eigenvalue weighted by Gasteiger charge is -2.12. The second kappa shape index (κ2) is 4.27. The van der Waals surface area contributed by atoms with Gasteiger partial charge in [-0.2, -0.15) is 8.78 Å². The molecule has 0 saturated carbocycles. The maximum atomic E-state index is 12.9. The van der Waals surface area contributed by atoms with Gasteiger partial charge in [-0.15, -0.1) is 0 Å². The molecule has 0 saturated heterocycles. The van der Waals surface area contributed by atoms with Crippen LogP contribution >= 0.6 is 0 Å². The van der Waals surface area contributed by atoms with Crippen LogP contribution in [0.3, 0.4) is 0 Å². The van der Waals surface area contributed by atoms with E-state index in [-0.39, 0.29) is 6.07 Å². The highest BCUT2D eigenvalue weighted by Crippen LogP contribution is 2.25. The minimum absolute atomic E-state index is 0.00933. The first-order valence-electron chi connectivity index (χ1n) is 4.10. The number of carboxylic acids is 1. The molecule has 0 amide bonds. The first-order chi connectivity index (χ1) is 7.66. The van der Waals surface area contributed by atoms with Gasteiger partial charge in [0.2, 0.25) is 0 Å². The molecule has 8 heteroatoms. The Morgan fingerprint density at radius 3 is 2.12 bits per heavy atom. The van der Waals surface area contributed by atoms with Crippen molar-refractivity contribution >= 4 is 5.97 Å². The Kier molecular flexibility index (Phi) is 3.35. The summed E-state index contributed by atoms with van der Waals surface area (Å²) in [5.74, 6) is -15.3. The number of carboxylic acid groups (broad SMARTS) is 1. The van der Waals surface area contributed by atoms with Crippen molar-refractivity contribution in [2.45, 2.75) is 12.3 Å². The molecule has 1 N–H and O–H groups in total. The van der Waals surface area contributed by atoms with Crippen molar-refractivity contribution in [3.63, 3.8) is 0 Å². The molecule has 94 valence electrons. The number of aliphatic carboxylic acids is 1. The summed E-state index contributed by atoms with van der Waals surface area (Å²) in [5, 5.41) is 8.05. The smallest absolute Gasteiger partial charge is 0.374 e. The van der Waals surface area contributed by atoms with Crippen molar-refractivity contribution in [1.82, 2.24) is 0 Å². The van der Waals surface area contributed by atoms with E-state index in [0.29, 0.717) is 0 Å². The highest BCUT2D eigenvalue weighted by molar-refractivity contribution is 5.75. The van der Waals surface area contributed by atoms with Gasteiger partial charge in [0.1, 0.15) is 0 Å². The van der Waals surface area contributed by atoms with Gasteiger partial charge in [0.05, 0.1) is 6.42 Å². The summed E-state index contributed by atoms with van der Waals surface area (Å²) in [5.41, 5.74) is -1.26. The second-order valence-corrected chi connectivity index (χ2v) is 3.15. The van der Waals surface area contributed by atoms with Crippen LogP contribution in [0.5, 0.6) is 0 Å². The van der Waals surface area contributed by atoms with E-state index in [1.807, 2.05) is 0 Å². The number of benzene rings is 1. The Hall–Kier alpha value is -1.73. The third-order valence-electron chi connectivity index (χ3n) is 1.90. The van der Waals surface area contributed by atoms with Crippen molar-refractivity contribution in [3.8, 4) is 0 Å². The van der Waals surface area contributed by atoms with Gasteiger partial charge in [-0.1, -0.05) is 0 Å². The average molecular weight is 258 g/mol. The Morgan fingerprint density at radius 2 is 1.65 bits per heavy atom. The lowest BCUT2D eigenvalue weighted by Crippen LogP contribution is -2.31. The molecule has 0 fully saturated rings. The van der Waals surface area contributed by atoms with Crippen molar-refractivity contribution in [2.24, 2.45) is 0 Å². The number of rotatable bonds is 3.